The molecule has 0 saturated carbocycles. The van der Waals surface area contributed by atoms with E-state index < -0.39 is 10.5 Å². The van der Waals surface area contributed by atoms with Crippen LogP contribution < -0.4 is 4.90 Å². The highest BCUT2D eigenvalue weighted by molar-refractivity contribution is 6.31. The number of piperidine rings is 1. The maximum Gasteiger partial charge on any atom is 0.295 e. The Morgan fingerprint density at radius 2 is 1.89 bits per heavy atom. The molecule has 0 atom stereocenters. The lowest BCUT2D eigenvalue weighted by Crippen LogP contribution is -2.43. The van der Waals surface area contributed by atoms with Crippen molar-refractivity contribution in [2.45, 2.75) is 25.4 Å². The predicted octanol–water partition coefficient (Wildman–Crippen LogP) is 4.59. The summed E-state index contributed by atoms with van der Waals surface area (Å²) in [5.41, 5.74) is 1.82. The van der Waals surface area contributed by atoms with E-state index in [4.69, 9.17) is 11.6 Å². The standard InChI is InChI=1S/C21H20ClN3O3/c1-14-13-19(15-5-4-8-18(25(27)28)20(15)23-14)24-11-9-21(26,10-12-24)16-6-2-3-7-17(16)22/h2-8,13,26H,9-12H2,1H3. The summed E-state index contributed by atoms with van der Waals surface area (Å²) in [5, 5.41) is 23.9. The average Bonchev–Trinajstić information content (AvgIpc) is 2.67. The number of nitrogens with zero attached hydrogens (tertiary/aromatic N) is 3. The molecule has 7 heteroatoms. The summed E-state index contributed by atoms with van der Waals surface area (Å²) in [5.74, 6) is 0. The number of anilines is 1. The first-order valence-corrected chi connectivity index (χ1v) is 9.54. The third-order valence-corrected chi connectivity index (χ3v) is 5.76. The van der Waals surface area contributed by atoms with Crippen LogP contribution in [0.3, 0.4) is 0 Å². The van der Waals surface area contributed by atoms with Gasteiger partial charge in [-0.3, -0.25) is 10.1 Å². The van der Waals surface area contributed by atoms with Gasteiger partial charge in [0.1, 0.15) is 0 Å². The van der Waals surface area contributed by atoms with Gasteiger partial charge in [-0.1, -0.05) is 41.9 Å². The van der Waals surface area contributed by atoms with Crippen molar-refractivity contribution < 1.29 is 10.0 Å². The zero-order valence-corrected chi connectivity index (χ0v) is 16.2. The second-order valence-corrected chi connectivity index (χ2v) is 7.62. The lowest BCUT2D eigenvalue weighted by Gasteiger charge is -2.40. The fourth-order valence-electron chi connectivity index (χ4n) is 3.97. The first kappa shape index (κ1) is 18.7. The first-order valence-electron chi connectivity index (χ1n) is 9.16. The molecule has 2 heterocycles. The fourth-order valence-corrected chi connectivity index (χ4v) is 4.29. The zero-order valence-electron chi connectivity index (χ0n) is 15.4. The molecule has 0 amide bonds. The number of nitro benzene ring substituents is 1. The van der Waals surface area contributed by atoms with Crippen molar-refractivity contribution in [1.82, 2.24) is 4.98 Å². The summed E-state index contributed by atoms with van der Waals surface area (Å²) in [6.07, 6.45) is 1.04. The number of pyridine rings is 1. The summed E-state index contributed by atoms with van der Waals surface area (Å²) in [6, 6.07) is 14.4. The van der Waals surface area contributed by atoms with Crippen molar-refractivity contribution >= 4 is 33.9 Å². The molecule has 4 rings (SSSR count). The predicted molar refractivity (Wildman–Crippen MR) is 110 cm³/mol. The van der Waals surface area contributed by atoms with Gasteiger partial charge >= 0.3 is 0 Å². The van der Waals surface area contributed by atoms with Gasteiger partial charge in [0.15, 0.2) is 5.52 Å². The lowest BCUT2D eigenvalue weighted by molar-refractivity contribution is -0.383. The third kappa shape index (κ3) is 3.19. The van der Waals surface area contributed by atoms with Crippen LogP contribution in [0.25, 0.3) is 10.9 Å². The van der Waals surface area contributed by atoms with Gasteiger partial charge in [-0.15, -0.1) is 0 Å². The van der Waals surface area contributed by atoms with Crippen molar-refractivity contribution in [3.05, 3.63) is 74.9 Å². The van der Waals surface area contributed by atoms with Gasteiger partial charge in [0.05, 0.1) is 10.5 Å². The monoisotopic (exact) mass is 397 g/mol. The van der Waals surface area contributed by atoms with Crippen molar-refractivity contribution in [2.75, 3.05) is 18.0 Å². The molecular formula is C21H20ClN3O3. The molecule has 0 aliphatic carbocycles. The molecule has 1 fully saturated rings. The molecule has 0 bridgehead atoms. The molecule has 0 unspecified atom stereocenters. The second kappa shape index (κ2) is 7.04. The van der Waals surface area contributed by atoms with Gasteiger partial charge < -0.3 is 10.0 Å². The van der Waals surface area contributed by atoms with E-state index in [1.165, 1.54) is 6.07 Å². The number of halogens is 1. The van der Waals surface area contributed by atoms with Crippen LogP contribution in [0.15, 0.2) is 48.5 Å². The maximum atomic E-state index is 11.4. The Bertz CT molecular complexity index is 1060. The molecule has 1 aliphatic rings. The SMILES string of the molecule is Cc1cc(N2CCC(O)(c3ccccc3Cl)CC2)c2cccc([N+](=O)[O-])c2n1. The molecule has 0 radical (unpaired) electrons. The normalized spacial score (nSPS) is 16.3. The molecule has 1 saturated heterocycles. The minimum absolute atomic E-state index is 0.00651. The highest BCUT2D eigenvalue weighted by Gasteiger charge is 2.36. The van der Waals surface area contributed by atoms with Crippen molar-refractivity contribution in [2.24, 2.45) is 0 Å². The summed E-state index contributed by atoms with van der Waals surface area (Å²) in [4.78, 5) is 17.6. The first-order chi connectivity index (χ1) is 13.4. The van der Waals surface area contributed by atoms with Crippen LogP contribution in [0.1, 0.15) is 24.1 Å². The number of rotatable bonds is 3. The van der Waals surface area contributed by atoms with Gasteiger partial charge in [0.25, 0.3) is 5.69 Å². The Kier molecular flexibility index (Phi) is 4.69. The number of benzene rings is 2. The second-order valence-electron chi connectivity index (χ2n) is 7.21. The molecule has 1 aromatic heterocycles. The van der Waals surface area contributed by atoms with Crippen LogP contribution in [0.5, 0.6) is 0 Å². The summed E-state index contributed by atoms with van der Waals surface area (Å²) in [7, 11) is 0. The van der Waals surface area contributed by atoms with Crippen LogP contribution in [0.2, 0.25) is 5.02 Å². The van der Waals surface area contributed by atoms with Crippen LogP contribution in [-0.4, -0.2) is 28.1 Å². The highest BCUT2D eigenvalue weighted by atomic mass is 35.5. The van der Waals surface area contributed by atoms with E-state index in [9.17, 15) is 15.2 Å². The quantitative estimate of drug-likeness (QED) is 0.516. The lowest BCUT2D eigenvalue weighted by atomic mass is 9.84. The molecule has 6 nitrogen and oxygen atoms in total. The van der Waals surface area contributed by atoms with Crippen molar-refractivity contribution in [1.29, 1.82) is 0 Å². The van der Waals surface area contributed by atoms with Gasteiger partial charge in [-0.2, -0.15) is 0 Å². The number of hydrogen-bond acceptors (Lipinski definition) is 5. The van der Waals surface area contributed by atoms with Crippen molar-refractivity contribution in [3.63, 3.8) is 0 Å². The number of nitro groups is 1. The molecule has 1 N–H and O–H groups in total. The average molecular weight is 398 g/mol. The number of aromatic nitrogens is 1. The van der Waals surface area contributed by atoms with E-state index in [0.29, 0.717) is 36.5 Å². The number of aryl methyl sites for hydroxylation is 1. The minimum atomic E-state index is -0.973. The van der Waals surface area contributed by atoms with Crippen LogP contribution in [-0.2, 0) is 5.60 Å². The van der Waals surface area contributed by atoms with E-state index in [2.05, 4.69) is 9.88 Å². The number of aliphatic hydroxyl groups is 1. The Labute approximate surface area is 167 Å². The summed E-state index contributed by atoms with van der Waals surface area (Å²) in [6.45, 7) is 3.07. The Morgan fingerprint density at radius 1 is 1.18 bits per heavy atom. The van der Waals surface area contributed by atoms with Crippen molar-refractivity contribution in [3.8, 4) is 0 Å². The number of fused-ring (bicyclic) bond motifs is 1. The molecule has 3 aromatic rings. The number of para-hydroxylation sites is 1. The van der Waals surface area contributed by atoms with E-state index in [-0.39, 0.29) is 5.69 Å². The molecule has 0 spiro atoms. The largest absolute Gasteiger partial charge is 0.385 e. The van der Waals surface area contributed by atoms with E-state index in [1.54, 1.807) is 12.1 Å². The fraction of sp³-hybridized carbons (Fsp3) is 0.286. The van der Waals surface area contributed by atoms with E-state index in [1.807, 2.05) is 37.3 Å². The van der Waals surface area contributed by atoms with Gasteiger partial charge in [-0.25, -0.2) is 4.98 Å². The van der Waals surface area contributed by atoms with Crippen LogP contribution in [0, 0.1) is 17.0 Å². The van der Waals surface area contributed by atoms with Gasteiger partial charge in [0.2, 0.25) is 0 Å². The molecular weight excluding hydrogens is 378 g/mol. The number of non-ortho nitro benzene ring substituents is 1. The third-order valence-electron chi connectivity index (χ3n) is 5.43. The van der Waals surface area contributed by atoms with Crippen LogP contribution in [0.4, 0.5) is 11.4 Å². The number of hydrogen-bond donors (Lipinski definition) is 1. The molecule has 144 valence electrons. The Hall–Kier alpha value is -2.70. The van der Waals surface area contributed by atoms with E-state index in [0.717, 1.165) is 22.3 Å². The smallest absolute Gasteiger partial charge is 0.295 e. The highest BCUT2D eigenvalue weighted by Crippen LogP contribution is 2.40. The van der Waals surface area contributed by atoms with Gasteiger partial charge in [0, 0.05) is 46.5 Å². The Morgan fingerprint density at radius 3 is 2.57 bits per heavy atom. The maximum absolute atomic E-state index is 11.4. The van der Waals surface area contributed by atoms with E-state index >= 15 is 0 Å². The summed E-state index contributed by atoms with van der Waals surface area (Å²) >= 11 is 6.30. The minimum Gasteiger partial charge on any atom is -0.385 e. The molecule has 1 aliphatic heterocycles. The summed E-state index contributed by atoms with van der Waals surface area (Å²) < 4.78 is 0. The molecule has 2 aromatic carbocycles. The topological polar surface area (TPSA) is 79.5 Å². The molecule has 28 heavy (non-hydrogen) atoms. The zero-order chi connectivity index (χ0) is 19.9. The van der Waals surface area contributed by atoms with Gasteiger partial charge in [-0.05, 0) is 31.9 Å². The Balaban J connectivity index is 1.69. The van der Waals surface area contributed by atoms with Crippen LogP contribution >= 0.6 is 11.6 Å².